The SMILES string of the molecule is CCCc1nc2sc(CC)cc2c(=O)n1Cc1ccc(C(=O)O)cc1. The summed E-state index contributed by atoms with van der Waals surface area (Å²) in [4.78, 5) is 30.6. The Morgan fingerprint density at radius 1 is 1.24 bits per heavy atom. The van der Waals surface area contributed by atoms with Gasteiger partial charge in [0.1, 0.15) is 10.7 Å². The second-order valence-electron chi connectivity index (χ2n) is 5.96. The van der Waals surface area contributed by atoms with Gasteiger partial charge in [-0.05, 0) is 36.6 Å². The molecule has 0 atom stereocenters. The number of carboxylic acids is 1. The van der Waals surface area contributed by atoms with Crippen molar-refractivity contribution in [3.8, 4) is 0 Å². The fourth-order valence-electron chi connectivity index (χ4n) is 2.79. The Bertz CT molecular complexity index is 971. The van der Waals surface area contributed by atoms with Crippen molar-refractivity contribution in [1.29, 1.82) is 0 Å². The van der Waals surface area contributed by atoms with Crippen molar-refractivity contribution in [2.45, 2.75) is 39.7 Å². The van der Waals surface area contributed by atoms with Crippen LogP contribution in [0.2, 0.25) is 0 Å². The molecule has 0 spiro atoms. The highest BCUT2D eigenvalue weighted by Gasteiger charge is 2.14. The molecule has 0 radical (unpaired) electrons. The number of rotatable bonds is 6. The smallest absolute Gasteiger partial charge is 0.335 e. The minimum absolute atomic E-state index is 0.0216. The molecule has 1 N–H and O–H groups in total. The molecule has 0 unspecified atom stereocenters. The minimum atomic E-state index is -0.955. The van der Waals surface area contributed by atoms with Crippen molar-refractivity contribution in [3.05, 3.63) is 62.5 Å². The fourth-order valence-corrected chi connectivity index (χ4v) is 3.77. The van der Waals surface area contributed by atoms with E-state index in [0.717, 1.165) is 40.4 Å². The number of carboxylic acid groups (broad SMARTS) is 1. The monoisotopic (exact) mass is 356 g/mol. The van der Waals surface area contributed by atoms with Gasteiger partial charge in [-0.3, -0.25) is 9.36 Å². The Morgan fingerprint density at radius 2 is 1.96 bits per heavy atom. The van der Waals surface area contributed by atoms with Gasteiger partial charge in [0, 0.05) is 11.3 Å². The van der Waals surface area contributed by atoms with Crippen LogP contribution in [0, 0.1) is 0 Å². The standard InChI is InChI=1S/C19H20N2O3S/c1-3-5-16-20-17-15(10-14(4-2)25-17)18(22)21(16)11-12-6-8-13(9-7-12)19(23)24/h6-10H,3-5,11H2,1-2H3,(H,23,24). The van der Waals surface area contributed by atoms with Crippen molar-refractivity contribution in [2.24, 2.45) is 0 Å². The van der Waals surface area contributed by atoms with Gasteiger partial charge in [-0.2, -0.15) is 0 Å². The van der Waals surface area contributed by atoms with Gasteiger partial charge >= 0.3 is 5.97 Å². The Balaban J connectivity index is 2.06. The summed E-state index contributed by atoms with van der Waals surface area (Å²) >= 11 is 1.58. The molecule has 0 aliphatic rings. The lowest BCUT2D eigenvalue weighted by Crippen LogP contribution is -2.25. The summed E-state index contributed by atoms with van der Waals surface area (Å²) in [6.07, 6.45) is 2.53. The van der Waals surface area contributed by atoms with Gasteiger partial charge in [-0.25, -0.2) is 9.78 Å². The van der Waals surface area contributed by atoms with Gasteiger partial charge in [-0.1, -0.05) is 26.0 Å². The van der Waals surface area contributed by atoms with E-state index in [2.05, 4.69) is 13.8 Å². The van der Waals surface area contributed by atoms with Gasteiger partial charge < -0.3 is 5.11 Å². The van der Waals surface area contributed by atoms with Crippen molar-refractivity contribution >= 4 is 27.5 Å². The van der Waals surface area contributed by atoms with Crippen LogP contribution in [0.15, 0.2) is 35.1 Å². The van der Waals surface area contributed by atoms with Gasteiger partial charge in [0.15, 0.2) is 0 Å². The molecule has 3 aromatic rings. The van der Waals surface area contributed by atoms with Gasteiger partial charge in [-0.15, -0.1) is 11.3 Å². The Morgan fingerprint density at radius 3 is 2.56 bits per heavy atom. The summed E-state index contributed by atoms with van der Waals surface area (Å²) < 4.78 is 1.72. The Hall–Kier alpha value is -2.47. The first-order chi connectivity index (χ1) is 12.0. The maximum Gasteiger partial charge on any atom is 0.335 e. The molecule has 0 saturated heterocycles. The first-order valence-electron chi connectivity index (χ1n) is 8.37. The Kier molecular flexibility index (Phi) is 4.99. The lowest BCUT2D eigenvalue weighted by molar-refractivity contribution is 0.0697. The number of aryl methyl sites for hydroxylation is 2. The highest BCUT2D eigenvalue weighted by atomic mass is 32.1. The number of aromatic carboxylic acids is 1. The number of fused-ring (bicyclic) bond motifs is 1. The van der Waals surface area contributed by atoms with Crippen molar-refractivity contribution in [1.82, 2.24) is 9.55 Å². The van der Waals surface area contributed by atoms with Crippen LogP contribution in [0.25, 0.3) is 10.2 Å². The number of thiophene rings is 1. The van der Waals surface area contributed by atoms with Crippen molar-refractivity contribution < 1.29 is 9.90 Å². The molecule has 1 aromatic carbocycles. The van der Waals surface area contributed by atoms with E-state index in [9.17, 15) is 9.59 Å². The normalized spacial score (nSPS) is 11.1. The molecule has 130 valence electrons. The highest BCUT2D eigenvalue weighted by Crippen LogP contribution is 2.22. The van der Waals surface area contributed by atoms with E-state index in [0.29, 0.717) is 11.9 Å². The molecule has 0 fully saturated rings. The van der Waals surface area contributed by atoms with Crippen molar-refractivity contribution in [2.75, 3.05) is 0 Å². The number of nitrogens with zero attached hydrogens (tertiary/aromatic N) is 2. The molecule has 0 aliphatic carbocycles. The van der Waals surface area contributed by atoms with E-state index >= 15 is 0 Å². The third-order valence-corrected chi connectivity index (χ3v) is 5.32. The predicted molar refractivity (Wildman–Crippen MR) is 99.8 cm³/mol. The predicted octanol–water partition coefficient (Wildman–Crippen LogP) is 3.72. The molecule has 5 nitrogen and oxygen atoms in total. The van der Waals surface area contributed by atoms with E-state index in [-0.39, 0.29) is 11.1 Å². The first-order valence-corrected chi connectivity index (χ1v) is 9.19. The Labute approximate surface area is 149 Å². The lowest BCUT2D eigenvalue weighted by atomic mass is 10.1. The number of hydrogen-bond donors (Lipinski definition) is 1. The topological polar surface area (TPSA) is 72.2 Å². The minimum Gasteiger partial charge on any atom is -0.478 e. The zero-order valence-electron chi connectivity index (χ0n) is 14.3. The molecular formula is C19H20N2O3S. The maximum atomic E-state index is 13.0. The molecule has 0 aliphatic heterocycles. The van der Waals surface area contributed by atoms with Gasteiger partial charge in [0.05, 0.1) is 17.5 Å². The first kappa shape index (κ1) is 17.4. The third-order valence-electron chi connectivity index (χ3n) is 4.14. The van der Waals surface area contributed by atoms with E-state index in [1.54, 1.807) is 40.2 Å². The van der Waals surface area contributed by atoms with E-state index in [1.165, 1.54) is 0 Å². The quantitative estimate of drug-likeness (QED) is 0.731. The summed E-state index contributed by atoms with van der Waals surface area (Å²) in [5.41, 5.74) is 1.10. The van der Waals surface area contributed by atoms with Crippen molar-refractivity contribution in [3.63, 3.8) is 0 Å². The summed E-state index contributed by atoms with van der Waals surface area (Å²) in [7, 11) is 0. The van der Waals surface area contributed by atoms with E-state index in [1.807, 2.05) is 6.07 Å². The molecule has 2 aromatic heterocycles. The van der Waals surface area contributed by atoms with Gasteiger partial charge in [0.2, 0.25) is 0 Å². The number of benzene rings is 1. The van der Waals surface area contributed by atoms with Crippen LogP contribution in [-0.2, 0) is 19.4 Å². The maximum absolute atomic E-state index is 13.0. The van der Waals surface area contributed by atoms with Crippen LogP contribution in [0.4, 0.5) is 0 Å². The van der Waals surface area contributed by atoms with Crippen LogP contribution in [0.5, 0.6) is 0 Å². The number of hydrogen-bond acceptors (Lipinski definition) is 4. The number of carbonyl (C=O) groups is 1. The van der Waals surface area contributed by atoms with E-state index in [4.69, 9.17) is 10.1 Å². The molecular weight excluding hydrogens is 336 g/mol. The molecule has 0 amide bonds. The van der Waals surface area contributed by atoms with Gasteiger partial charge in [0.25, 0.3) is 5.56 Å². The lowest BCUT2D eigenvalue weighted by Gasteiger charge is -2.12. The largest absolute Gasteiger partial charge is 0.478 e. The van der Waals surface area contributed by atoms with Crippen LogP contribution in [0.3, 0.4) is 0 Å². The summed E-state index contributed by atoms with van der Waals surface area (Å²) in [5.74, 6) is -0.171. The highest BCUT2D eigenvalue weighted by molar-refractivity contribution is 7.18. The summed E-state index contributed by atoms with van der Waals surface area (Å²) in [6, 6.07) is 8.57. The fraction of sp³-hybridized carbons (Fsp3) is 0.316. The third kappa shape index (κ3) is 3.49. The second-order valence-corrected chi connectivity index (χ2v) is 7.07. The molecule has 0 bridgehead atoms. The van der Waals surface area contributed by atoms with E-state index < -0.39 is 5.97 Å². The summed E-state index contributed by atoms with van der Waals surface area (Å²) in [6.45, 7) is 4.53. The average molecular weight is 356 g/mol. The zero-order chi connectivity index (χ0) is 18.0. The zero-order valence-corrected chi connectivity index (χ0v) is 15.1. The summed E-state index contributed by atoms with van der Waals surface area (Å²) in [5, 5.41) is 9.67. The van der Waals surface area contributed by atoms with Crippen LogP contribution in [0.1, 0.15) is 46.9 Å². The van der Waals surface area contributed by atoms with Crippen LogP contribution in [-0.4, -0.2) is 20.6 Å². The molecule has 0 saturated carbocycles. The molecule has 2 heterocycles. The molecule has 3 rings (SSSR count). The van der Waals surface area contributed by atoms with Crippen LogP contribution < -0.4 is 5.56 Å². The van der Waals surface area contributed by atoms with Crippen LogP contribution >= 0.6 is 11.3 Å². The molecule has 25 heavy (non-hydrogen) atoms. The average Bonchev–Trinajstić information content (AvgIpc) is 3.02. The molecule has 6 heteroatoms. The number of aromatic nitrogens is 2. The second kappa shape index (κ2) is 7.19.